The molecule has 7 heteroatoms. The van der Waals surface area contributed by atoms with Crippen LogP contribution in [0.25, 0.3) is 11.1 Å². The second kappa shape index (κ2) is 10.9. The summed E-state index contributed by atoms with van der Waals surface area (Å²) in [5.74, 6) is 1.96. The van der Waals surface area contributed by atoms with Gasteiger partial charge in [-0.15, -0.1) is 0 Å². The highest BCUT2D eigenvalue weighted by atomic mass is 15.1. The molecule has 0 spiro atoms. The third-order valence-electron chi connectivity index (χ3n) is 6.00. The van der Waals surface area contributed by atoms with Crippen molar-refractivity contribution in [3.05, 3.63) is 60.2 Å². The van der Waals surface area contributed by atoms with Crippen molar-refractivity contribution < 1.29 is 0 Å². The highest BCUT2D eigenvalue weighted by Crippen LogP contribution is 2.32. The molecule has 1 aliphatic carbocycles. The van der Waals surface area contributed by atoms with E-state index < -0.39 is 0 Å². The molecule has 1 saturated carbocycles. The van der Waals surface area contributed by atoms with E-state index in [0.29, 0.717) is 17.6 Å². The minimum atomic E-state index is 0.288. The van der Waals surface area contributed by atoms with Crippen molar-refractivity contribution in [3.63, 3.8) is 0 Å². The summed E-state index contributed by atoms with van der Waals surface area (Å²) in [6.07, 6.45) is 11.5. The maximum Gasteiger partial charge on any atom is 0.158 e. The van der Waals surface area contributed by atoms with Crippen LogP contribution in [-0.2, 0) is 6.54 Å². The van der Waals surface area contributed by atoms with Crippen molar-refractivity contribution in [3.8, 4) is 17.2 Å². The van der Waals surface area contributed by atoms with Gasteiger partial charge in [-0.1, -0.05) is 43.5 Å². The lowest BCUT2D eigenvalue weighted by Crippen LogP contribution is -2.17. The van der Waals surface area contributed by atoms with Gasteiger partial charge < -0.3 is 15.5 Å². The molecule has 0 radical (unpaired) electrons. The van der Waals surface area contributed by atoms with Crippen molar-refractivity contribution in [1.29, 1.82) is 5.26 Å². The van der Waals surface area contributed by atoms with Crippen LogP contribution >= 0.6 is 0 Å². The predicted molar refractivity (Wildman–Crippen MR) is 132 cm³/mol. The SMILES string of the molecule is CN(C)Cc1ccc(-c2cnc(Nc3cnc(C#N)cn3)cc2NCC2CCCCC2)cc1. The Kier molecular flexibility index (Phi) is 7.48. The maximum absolute atomic E-state index is 8.92. The highest BCUT2D eigenvalue weighted by molar-refractivity contribution is 5.79. The van der Waals surface area contributed by atoms with E-state index in [2.05, 4.69) is 68.8 Å². The van der Waals surface area contributed by atoms with Crippen LogP contribution in [-0.4, -0.2) is 40.5 Å². The number of nitrogens with one attached hydrogen (secondary N) is 2. The fraction of sp³-hybridized carbons (Fsp3) is 0.385. The normalized spacial score (nSPS) is 14.1. The number of aromatic nitrogens is 3. The number of pyridine rings is 1. The summed E-state index contributed by atoms with van der Waals surface area (Å²) in [6, 6.07) is 12.7. The van der Waals surface area contributed by atoms with Crippen LogP contribution in [0.1, 0.15) is 43.4 Å². The van der Waals surface area contributed by atoms with Crippen molar-refractivity contribution in [1.82, 2.24) is 19.9 Å². The molecular formula is C26H31N7. The Morgan fingerprint density at radius 2 is 1.73 bits per heavy atom. The molecule has 0 saturated heterocycles. The van der Waals surface area contributed by atoms with Gasteiger partial charge in [-0.05, 0) is 44.0 Å². The van der Waals surface area contributed by atoms with Crippen molar-refractivity contribution in [2.75, 3.05) is 31.3 Å². The number of rotatable bonds is 8. The van der Waals surface area contributed by atoms with Gasteiger partial charge in [-0.2, -0.15) is 5.26 Å². The maximum atomic E-state index is 8.92. The molecule has 2 heterocycles. The number of anilines is 3. The van der Waals surface area contributed by atoms with Gasteiger partial charge in [-0.25, -0.2) is 15.0 Å². The summed E-state index contributed by atoms with van der Waals surface area (Å²) < 4.78 is 0. The Morgan fingerprint density at radius 3 is 2.39 bits per heavy atom. The summed E-state index contributed by atoms with van der Waals surface area (Å²) in [5.41, 5.74) is 4.85. The monoisotopic (exact) mass is 441 g/mol. The van der Waals surface area contributed by atoms with Crippen molar-refractivity contribution in [2.45, 2.75) is 38.6 Å². The van der Waals surface area contributed by atoms with Gasteiger partial charge >= 0.3 is 0 Å². The highest BCUT2D eigenvalue weighted by Gasteiger charge is 2.15. The minimum Gasteiger partial charge on any atom is -0.384 e. The third kappa shape index (κ3) is 6.27. The Balaban J connectivity index is 1.57. The quantitative estimate of drug-likeness (QED) is 0.496. The number of hydrogen-bond acceptors (Lipinski definition) is 7. The number of nitriles is 1. The van der Waals surface area contributed by atoms with Gasteiger partial charge in [0.15, 0.2) is 5.69 Å². The average Bonchev–Trinajstić information content (AvgIpc) is 2.84. The molecule has 33 heavy (non-hydrogen) atoms. The lowest BCUT2D eigenvalue weighted by atomic mass is 9.89. The van der Waals surface area contributed by atoms with Gasteiger partial charge in [0.1, 0.15) is 17.7 Å². The van der Waals surface area contributed by atoms with Gasteiger partial charge in [0.25, 0.3) is 0 Å². The molecular weight excluding hydrogens is 410 g/mol. The molecule has 2 aromatic heterocycles. The van der Waals surface area contributed by atoms with E-state index in [4.69, 9.17) is 5.26 Å². The first-order valence-corrected chi connectivity index (χ1v) is 11.6. The minimum absolute atomic E-state index is 0.288. The fourth-order valence-electron chi connectivity index (χ4n) is 4.28. The average molecular weight is 442 g/mol. The predicted octanol–water partition coefficient (Wildman–Crippen LogP) is 5.21. The summed E-state index contributed by atoms with van der Waals surface area (Å²) >= 11 is 0. The molecule has 0 atom stereocenters. The van der Waals surface area contributed by atoms with Crippen LogP contribution < -0.4 is 10.6 Å². The lowest BCUT2D eigenvalue weighted by molar-refractivity contribution is 0.373. The molecule has 7 nitrogen and oxygen atoms in total. The molecule has 4 rings (SSSR count). The molecule has 1 aliphatic rings. The van der Waals surface area contributed by atoms with E-state index in [1.807, 2.05) is 18.3 Å². The van der Waals surface area contributed by atoms with Crippen LogP contribution in [0.15, 0.2) is 48.9 Å². The van der Waals surface area contributed by atoms with E-state index in [9.17, 15) is 0 Å². The van der Waals surface area contributed by atoms with E-state index in [0.717, 1.165) is 29.9 Å². The second-order valence-electron chi connectivity index (χ2n) is 8.96. The smallest absolute Gasteiger partial charge is 0.158 e. The number of nitrogens with zero attached hydrogens (tertiary/aromatic N) is 5. The Bertz CT molecular complexity index is 1080. The van der Waals surface area contributed by atoms with Gasteiger partial charge in [0, 0.05) is 36.6 Å². The summed E-state index contributed by atoms with van der Waals surface area (Å²) in [5, 5.41) is 15.8. The van der Waals surface area contributed by atoms with Crippen LogP contribution in [0.5, 0.6) is 0 Å². The molecule has 170 valence electrons. The first-order chi connectivity index (χ1) is 16.1. The van der Waals surface area contributed by atoms with Gasteiger partial charge in [0.05, 0.1) is 12.4 Å². The zero-order valence-corrected chi connectivity index (χ0v) is 19.4. The lowest BCUT2D eigenvalue weighted by Gasteiger charge is -2.23. The molecule has 2 N–H and O–H groups in total. The number of benzene rings is 1. The molecule has 1 fully saturated rings. The Morgan fingerprint density at radius 1 is 0.970 bits per heavy atom. The number of hydrogen-bond donors (Lipinski definition) is 2. The summed E-state index contributed by atoms with van der Waals surface area (Å²) in [6.45, 7) is 1.88. The fourth-order valence-corrected chi connectivity index (χ4v) is 4.28. The van der Waals surface area contributed by atoms with Gasteiger partial charge in [0.2, 0.25) is 0 Å². The molecule has 0 aliphatic heterocycles. The summed E-state index contributed by atoms with van der Waals surface area (Å²) in [7, 11) is 4.16. The van der Waals surface area contributed by atoms with E-state index >= 15 is 0 Å². The molecule has 0 bridgehead atoms. The van der Waals surface area contributed by atoms with E-state index in [1.54, 1.807) is 6.20 Å². The molecule has 3 aromatic rings. The van der Waals surface area contributed by atoms with Gasteiger partial charge in [-0.3, -0.25) is 0 Å². The standard InChI is InChI=1S/C26H31N7/c1-33(2)18-20-8-10-21(11-9-20)23-16-31-25(32-26-17-28-22(13-27)15-30-26)12-24(23)29-14-19-6-4-3-5-7-19/h8-12,15-17,19H,3-7,14,18H2,1-2H3,(H2,29,30,31,32). The van der Waals surface area contributed by atoms with Crippen molar-refractivity contribution >= 4 is 17.3 Å². The molecule has 0 amide bonds. The third-order valence-corrected chi connectivity index (χ3v) is 6.00. The largest absolute Gasteiger partial charge is 0.384 e. The Labute approximate surface area is 195 Å². The molecule has 0 unspecified atom stereocenters. The van der Waals surface area contributed by atoms with Crippen LogP contribution in [0.4, 0.5) is 17.3 Å². The van der Waals surface area contributed by atoms with Crippen molar-refractivity contribution in [2.24, 2.45) is 5.92 Å². The first-order valence-electron chi connectivity index (χ1n) is 11.6. The van der Waals surface area contributed by atoms with E-state index in [1.165, 1.54) is 43.9 Å². The van der Waals surface area contributed by atoms with E-state index in [-0.39, 0.29) is 5.69 Å². The van der Waals surface area contributed by atoms with Crippen LogP contribution in [0, 0.1) is 17.2 Å². The molecule has 1 aromatic carbocycles. The van der Waals surface area contributed by atoms with Crippen LogP contribution in [0.2, 0.25) is 0 Å². The summed E-state index contributed by atoms with van der Waals surface area (Å²) in [4.78, 5) is 15.1. The first kappa shape index (κ1) is 22.7. The topological polar surface area (TPSA) is 89.8 Å². The zero-order valence-electron chi connectivity index (χ0n) is 19.4. The van der Waals surface area contributed by atoms with Crippen LogP contribution in [0.3, 0.4) is 0 Å². The Hall–Kier alpha value is -3.50. The zero-order chi connectivity index (χ0) is 23.0. The second-order valence-corrected chi connectivity index (χ2v) is 8.96.